The molecule has 1 aromatic rings. The Morgan fingerprint density at radius 1 is 1.42 bits per heavy atom. The second-order valence-corrected chi connectivity index (χ2v) is 2.53. The number of hydrogen-bond acceptors (Lipinski definition) is 2. The molecule has 0 spiro atoms. The number of aromatic hydroxyl groups is 1. The largest absolute Gasteiger partial charge is 0.508 e. The van der Waals surface area contributed by atoms with Crippen LogP contribution >= 0.6 is 0 Å². The maximum absolute atomic E-state index is 8.96. The average molecular weight is 159 g/mol. The average Bonchev–Trinajstić information content (AvgIpc) is 2.09. The standard InChI is InChI=1S/C10H9NO/c1-8(7-11)6-9-2-4-10(12)5-3-9/h2-6,12H,1H3. The van der Waals surface area contributed by atoms with Crippen molar-refractivity contribution in [3.8, 4) is 11.8 Å². The zero-order valence-corrected chi connectivity index (χ0v) is 6.78. The van der Waals surface area contributed by atoms with E-state index >= 15 is 0 Å². The molecule has 0 saturated carbocycles. The van der Waals surface area contributed by atoms with E-state index in [0.717, 1.165) is 5.56 Å². The van der Waals surface area contributed by atoms with Crippen molar-refractivity contribution in [3.63, 3.8) is 0 Å². The Balaban J connectivity index is 2.93. The van der Waals surface area contributed by atoms with Gasteiger partial charge in [-0.15, -0.1) is 0 Å². The highest BCUT2D eigenvalue weighted by molar-refractivity contribution is 5.56. The normalized spacial score (nSPS) is 10.8. The number of phenolic OH excluding ortho intramolecular Hbond substituents is 1. The molecular formula is C10H9NO. The summed E-state index contributed by atoms with van der Waals surface area (Å²) in [7, 11) is 0. The number of nitriles is 1. The van der Waals surface area contributed by atoms with E-state index in [0.29, 0.717) is 5.57 Å². The third-order valence-corrected chi connectivity index (χ3v) is 1.45. The zero-order valence-electron chi connectivity index (χ0n) is 6.78. The van der Waals surface area contributed by atoms with Crippen molar-refractivity contribution < 1.29 is 5.11 Å². The summed E-state index contributed by atoms with van der Waals surface area (Å²) in [5, 5.41) is 17.4. The number of allylic oxidation sites excluding steroid dienone is 1. The minimum Gasteiger partial charge on any atom is -0.508 e. The summed E-state index contributed by atoms with van der Waals surface area (Å²) in [5.41, 5.74) is 1.58. The van der Waals surface area contributed by atoms with Crippen LogP contribution in [0.2, 0.25) is 0 Å². The molecule has 0 aliphatic rings. The maximum atomic E-state index is 8.96. The van der Waals surface area contributed by atoms with Gasteiger partial charge in [-0.05, 0) is 30.7 Å². The topological polar surface area (TPSA) is 44.0 Å². The van der Waals surface area contributed by atoms with Crippen molar-refractivity contribution in [1.82, 2.24) is 0 Å². The molecule has 0 atom stereocenters. The Morgan fingerprint density at radius 2 is 2.00 bits per heavy atom. The molecule has 0 aliphatic heterocycles. The van der Waals surface area contributed by atoms with E-state index in [2.05, 4.69) is 0 Å². The number of phenols is 1. The number of benzene rings is 1. The third kappa shape index (κ3) is 2.14. The van der Waals surface area contributed by atoms with Crippen LogP contribution in [0.25, 0.3) is 6.08 Å². The molecule has 12 heavy (non-hydrogen) atoms. The monoisotopic (exact) mass is 159 g/mol. The van der Waals surface area contributed by atoms with Crippen molar-refractivity contribution in [2.45, 2.75) is 6.92 Å². The first-order valence-electron chi connectivity index (χ1n) is 3.60. The predicted octanol–water partition coefficient (Wildman–Crippen LogP) is 2.32. The van der Waals surface area contributed by atoms with Crippen molar-refractivity contribution in [2.75, 3.05) is 0 Å². The lowest BCUT2D eigenvalue weighted by Gasteiger charge is -1.93. The van der Waals surface area contributed by atoms with Gasteiger partial charge in [0.1, 0.15) is 5.75 Å². The maximum Gasteiger partial charge on any atom is 0.115 e. The zero-order chi connectivity index (χ0) is 8.97. The smallest absolute Gasteiger partial charge is 0.115 e. The van der Waals surface area contributed by atoms with Gasteiger partial charge in [-0.25, -0.2) is 0 Å². The molecule has 60 valence electrons. The van der Waals surface area contributed by atoms with E-state index in [9.17, 15) is 0 Å². The van der Waals surface area contributed by atoms with E-state index in [1.807, 2.05) is 6.07 Å². The SMILES string of the molecule is CC(C#N)=Cc1ccc(O)cc1. The molecule has 0 aromatic heterocycles. The van der Waals surface area contributed by atoms with Crippen LogP contribution in [0.4, 0.5) is 0 Å². The van der Waals surface area contributed by atoms with Gasteiger partial charge in [0.2, 0.25) is 0 Å². The van der Waals surface area contributed by atoms with Crippen molar-refractivity contribution in [2.24, 2.45) is 0 Å². The summed E-state index contributed by atoms with van der Waals surface area (Å²) in [6.45, 7) is 1.74. The van der Waals surface area contributed by atoms with Crippen LogP contribution in [-0.2, 0) is 0 Å². The van der Waals surface area contributed by atoms with E-state index in [1.54, 1.807) is 37.3 Å². The first-order chi connectivity index (χ1) is 5.72. The molecule has 2 heteroatoms. The van der Waals surface area contributed by atoms with Gasteiger partial charge >= 0.3 is 0 Å². The third-order valence-electron chi connectivity index (χ3n) is 1.45. The van der Waals surface area contributed by atoms with Crippen LogP contribution in [0.3, 0.4) is 0 Å². The summed E-state index contributed by atoms with van der Waals surface area (Å²) in [6, 6.07) is 8.73. The molecule has 0 amide bonds. The highest BCUT2D eigenvalue weighted by Gasteiger charge is 1.89. The summed E-state index contributed by atoms with van der Waals surface area (Å²) >= 11 is 0. The lowest BCUT2D eigenvalue weighted by molar-refractivity contribution is 0.475. The fourth-order valence-electron chi connectivity index (χ4n) is 0.853. The first-order valence-corrected chi connectivity index (χ1v) is 3.60. The minimum absolute atomic E-state index is 0.238. The Hall–Kier alpha value is -1.75. The van der Waals surface area contributed by atoms with Crippen LogP contribution < -0.4 is 0 Å². The van der Waals surface area contributed by atoms with E-state index in [4.69, 9.17) is 10.4 Å². The van der Waals surface area contributed by atoms with Crippen LogP contribution in [0, 0.1) is 11.3 Å². The quantitative estimate of drug-likeness (QED) is 0.639. The lowest BCUT2D eigenvalue weighted by atomic mass is 10.1. The van der Waals surface area contributed by atoms with Gasteiger partial charge in [0, 0.05) is 5.57 Å². The van der Waals surface area contributed by atoms with Gasteiger partial charge in [0.25, 0.3) is 0 Å². The molecule has 1 N–H and O–H groups in total. The van der Waals surface area contributed by atoms with Crippen LogP contribution in [-0.4, -0.2) is 5.11 Å². The van der Waals surface area contributed by atoms with Gasteiger partial charge in [-0.3, -0.25) is 0 Å². The molecule has 1 rings (SSSR count). The molecule has 2 nitrogen and oxygen atoms in total. The van der Waals surface area contributed by atoms with Crippen molar-refractivity contribution >= 4 is 6.08 Å². The van der Waals surface area contributed by atoms with Gasteiger partial charge in [-0.1, -0.05) is 12.1 Å². The Kier molecular flexibility index (Phi) is 2.49. The van der Waals surface area contributed by atoms with E-state index in [-0.39, 0.29) is 5.75 Å². The summed E-state index contributed by atoms with van der Waals surface area (Å²) in [5.74, 6) is 0.238. The molecule has 0 unspecified atom stereocenters. The second kappa shape index (κ2) is 3.59. The fraction of sp³-hybridized carbons (Fsp3) is 0.100. The fourth-order valence-corrected chi connectivity index (χ4v) is 0.853. The second-order valence-electron chi connectivity index (χ2n) is 2.53. The first kappa shape index (κ1) is 8.35. The number of rotatable bonds is 1. The highest BCUT2D eigenvalue weighted by atomic mass is 16.3. The van der Waals surface area contributed by atoms with Gasteiger partial charge in [0.05, 0.1) is 6.07 Å². The van der Waals surface area contributed by atoms with E-state index in [1.165, 1.54) is 0 Å². The van der Waals surface area contributed by atoms with Crippen LogP contribution in [0.5, 0.6) is 5.75 Å². The Labute approximate surface area is 71.4 Å². The van der Waals surface area contributed by atoms with Gasteiger partial charge in [0.15, 0.2) is 0 Å². The molecule has 1 aromatic carbocycles. The molecule has 0 bridgehead atoms. The van der Waals surface area contributed by atoms with Crippen LogP contribution in [0.15, 0.2) is 29.8 Å². The number of nitrogens with zero attached hydrogens (tertiary/aromatic N) is 1. The predicted molar refractivity (Wildman–Crippen MR) is 47.4 cm³/mol. The van der Waals surface area contributed by atoms with Crippen LogP contribution in [0.1, 0.15) is 12.5 Å². The minimum atomic E-state index is 0.238. The summed E-state index contributed by atoms with van der Waals surface area (Å²) < 4.78 is 0. The molecule has 0 fully saturated rings. The molecule has 0 heterocycles. The molecule has 0 radical (unpaired) electrons. The molecule has 0 saturated heterocycles. The molecule has 0 aliphatic carbocycles. The summed E-state index contributed by atoms with van der Waals surface area (Å²) in [6.07, 6.45) is 1.76. The van der Waals surface area contributed by atoms with Crippen molar-refractivity contribution in [1.29, 1.82) is 5.26 Å². The highest BCUT2D eigenvalue weighted by Crippen LogP contribution is 2.12. The molecular weight excluding hydrogens is 150 g/mol. The Bertz CT molecular complexity index is 330. The van der Waals surface area contributed by atoms with Gasteiger partial charge < -0.3 is 5.11 Å². The number of hydrogen-bond donors (Lipinski definition) is 1. The Morgan fingerprint density at radius 3 is 2.50 bits per heavy atom. The lowest BCUT2D eigenvalue weighted by Crippen LogP contribution is -1.72. The van der Waals surface area contributed by atoms with Gasteiger partial charge in [-0.2, -0.15) is 5.26 Å². The van der Waals surface area contributed by atoms with Crippen molar-refractivity contribution in [3.05, 3.63) is 35.4 Å². The van der Waals surface area contributed by atoms with E-state index < -0.39 is 0 Å². The summed E-state index contributed by atoms with van der Waals surface area (Å²) in [4.78, 5) is 0.